The second-order valence-corrected chi connectivity index (χ2v) is 7.09. The van der Waals surface area contributed by atoms with E-state index in [2.05, 4.69) is 15.3 Å². The van der Waals surface area contributed by atoms with Crippen LogP contribution in [0.2, 0.25) is 0 Å². The number of hydrogen-bond donors (Lipinski definition) is 0. The number of hydrogen-bond acceptors (Lipinski definition) is 4. The van der Waals surface area contributed by atoms with Gasteiger partial charge in [0.1, 0.15) is 12.2 Å². The number of likely N-dealkylation sites (tertiary alicyclic amines) is 1. The van der Waals surface area contributed by atoms with Crippen molar-refractivity contribution in [1.82, 2.24) is 29.4 Å². The number of carbonyl (C=O) groups is 1. The third kappa shape index (κ3) is 3.49. The van der Waals surface area contributed by atoms with Crippen molar-refractivity contribution in [2.45, 2.75) is 38.6 Å². The average molecular weight is 364 g/mol. The van der Waals surface area contributed by atoms with Gasteiger partial charge in [0, 0.05) is 37.9 Å². The fourth-order valence-corrected chi connectivity index (χ4v) is 3.90. The first-order valence-corrected chi connectivity index (χ1v) is 9.39. The molecule has 1 fully saturated rings. The Balaban J connectivity index is 1.46. The first-order valence-electron chi connectivity index (χ1n) is 9.39. The Labute approximate surface area is 158 Å². The largest absolute Gasteiger partial charge is 0.336 e. The highest BCUT2D eigenvalue weighted by molar-refractivity contribution is 5.95. The second-order valence-electron chi connectivity index (χ2n) is 7.09. The maximum atomic E-state index is 13.0. The molecule has 0 radical (unpaired) electrons. The predicted octanol–water partition coefficient (Wildman–Crippen LogP) is 2.55. The Kier molecular flexibility index (Phi) is 4.75. The summed E-state index contributed by atoms with van der Waals surface area (Å²) in [5, 5.41) is 12.7. The zero-order valence-electron chi connectivity index (χ0n) is 15.7. The van der Waals surface area contributed by atoms with Gasteiger partial charge in [-0.25, -0.2) is 0 Å². The maximum absolute atomic E-state index is 13.0. The van der Waals surface area contributed by atoms with Gasteiger partial charge in [0.25, 0.3) is 5.91 Å². The molecule has 4 rings (SSSR count). The van der Waals surface area contributed by atoms with Gasteiger partial charge in [-0.2, -0.15) is 5.10 Å². The lowest BCUT2D eigenvalue weighted by molar-refractivity contribution is 0.0729. The maximum Gasteiger partial charge on any atom is 0.257 e. The highest BCUT2D eigenvalue weighted by atomic mass is 16.2. The van der Waals surface area contributed by atoms with E-state index in [4.69, 9.17) is 0 Å². The van der Waals surface area contributed by atoms with Gasteiger partial charge in [-0.1, -0.05) is 18.2 Å². The Morgan fingerprint density at radius 3 is 2.81 bits per heavy atom. The summed E-state index contributed by atoms with van der Waals surface area (Å²) in [6.45, 7) is 2.70. The van der Waals surface area contributed by atoms with E-state index in [9.17, 15) is 4.79 Å². The summed E-state index contributed by atoms with van der Waals surface area (Å²) >= 11 is 0. The molecule has 0 N–H and O–H groups in total. The van der Waals surface area contributed by atoms with E-state index >= 15 is 0 Å². The molecule has 0 spiro atoms. The van der Waals surface area contributed by atoms with Gasteiger partial charge < -0.3 is 4.90 Å². The van der Waals surface area contributed by atoms with Crippen LogP contribution in [0.4, 0.5) is 0 Å². The van der Waals surface area contributed by atoms with Crippen LogP contribution >= 0.6 is 0 Å². The molecule has 1 aliphatic rings. The molecule has 0 bridgehead atoms. The normalized spacial score (nSPS) is 16.8. The molecule has 140 valence electrons. The van der Waals surface area contributed by atoms with Gasteiger partial charge in [0.15, 0.2) is 0 Å². The first-order chi connectivity index (χ1) is 13.1. The topological polar surface area (TPSA) is 68.8 Å². The molecule has 1 aliphatic heterocycles. The second kappa shape index (κ2) is 7.34. The van der Waals surface area contributed by atoms with E-state index in [1.807, 2.05) is 60.0 Å². The minimum Gasteiger partial charge on any atom is -0.336 e. The Hall–Kier alpha value is -2.96. The van der Waals surface area contributed by atoms with E-state index in [0.29, 0.717) is 5.56 Å². The molecule has 7 nitrogen and oxygen atoms in total. The van der Waals surface area contributed by atoms with Crippen LogP contribution in [0.25, 0.3) is 5.69 Å². The lowest BCUT2D eigenvalue weighted by Crippen LogP contribution is -2.36. The van der Waals surface area contributed by atoms with Crippen LogP contribution in [0.1, 0.15) is 41.1 Å². The molecule has 1 saturated heterocycles. The van der Waals surface area contributed by atoms with Crippen molar-refractivity contribution in [3.05, 3.63) is 59.9 Å². The third-order valence-corrected chi connectivity index (χ3v) is 5.24. The van der Waals surface area contributed by atoms with Gasteiger partial charge in [-0.15, -0.1) is 10.2 Å². The SMILES string of the molecule is Cc1nn(C)cc1C(=O)N1CCCC1CCc1nncn1-c1ccccc1. The fraction of sp³-hybridized carbons (Fsp3) is 0.400. The summed E-state index contributed by atoms with van der Waals surface area (Å²) < 4.78 is 3.72. The van der Waals surface area contributed by atoms with Crippen LogP contribution < -0.4 is 0 Å². The summed E-state index contributed by atoms with van der Waals surface area (Å²) in [6, 6.07) is 10.3. The lowest BCUT2D eigenvalue weighted by atomic mass is 10.1. The number of rotatable bonds is 5. The van der Waals surface area contributed by atoms with Crippen LogP contribution in [0.3, 0.4) is 0 Å². The van der Waals surface area contributed by atoms with Crippen molar-refractivity contribution < 1.29 is 4.79 Å². The Morgan fingerprint density at radius 1 is 1.26 bits per heavy atom. The van der Waals surface area contributed by atoms with E-state index in [1.54, 1.807) is 11.0 Å². The highest BCUT2D eigenvalue weighted by Crippen LogP contribution is 2.25. The van der Waals surface area contributed by atoms with E-state index in [1.165, 1.54) is 0 Å². The fourth-order valence-electron chi connectivity index (χ4n) is 3.90. The molecule has 0 saturated carbocycles. The quantitative estimate of drug-likeness (QED) is 0.698. The molecule has 3 heterocycles. The summed E-state index contributed by atoms with van der Waals surface area (Å²) in [4.78, 5) is 15.0. The first kappa shape index (κ1) is 17.5. The molecule has 1 unspecified atom stereocenters. The van der Waals surface area contributed by atoms with E-state index in [0.717, 1.165) is 49.4 Å². The Morgan fingerprint density at radius 2 is 2.07 bits per heavy atom. The number of benzene rings is 1. The van der Waals surface area contributed by atoms with Crippen molar-refractivity contribution in [3.8, 4) is 5.69 Å². The number of carbonyl (C=O) groups excluding carboxylic acids is 1. The van der Waals surface area contributed by atoms with Gasteiger partial charge in [0.05, 0.1) is 11.3 Å². The standard InChI is InChI=1S/C20H24N6O/c1-15-18(13-24(2)23-15)20(27)25-12-6-9-17(25)10-11-19-22-21-14-26(19)16-7-4-3-5-8-16/h3-5,7-8,13-14,17H,6,9-12H2,1-2H3. The zero-order chi connectivity index (χ0) is 18.8. The molecule has 1 atom stereocenters. The smallest absolute Gasteiger partial charge is 0.257 e. The average Bonchev–Trinajstić information content (AvgIpc) is 3.39. The molecular formula is C20H24N6O. The number of aryl methyl sites for hydroxylation is 3. The molecule has 1 amide bonds. The summed E-state index contributed by atoms with van der Waals surface area (Å²) in [5.74, 6) is 1.02. The van der Waals surface area contributed by atoms with Crippen LogP contribution in [0.15, 0.2) is 42.9 Å². The van der Waals surface area contributed by atoms with Crippen molar-refractivity contribution in [2.75, 3.05) is 6.54 Å². The summed E-state index contributed by atoms with van der Waals surface area (Å²) in [5.41, 5.74) is 2.55. The molecule has 2 aromatic heterocycles. The molecule has 7 heteroatoms. The summed E-state index contributed by atoms with van der Waals surface area (Å²) in [6.07, 6.45) is 7.32. The van der Waals surface area contributed by atoms with Crippen LogP contribution in [-0.2, 0) is 13.5 Å². The van der Waals surface area contributed by atoms with Gasteiger partial charge >= 0.3 is 0 Å². The van der Waals surface area contributed by atoms with Crippen LogP contribution in [-0.4, -0.2) is 47.9 Å². The lowest BCUT2D eigenvalue weighted by Gasteiger charge is -2.24. The monoisotopic (exact) mass is 364 g/mol. The van der Waals surface area contributed by atoms with Gasteiger partial charge in [-0.3, -0.25) is 14.0 Å². The molecule has 1 aromatic carbocycles. The minimum absolute atomic E-state index is 0.0904. The molecule has 27 heavy (non-hydrogen) atoms. The van der Waals surface area contributed by atoms with Gasteiger partial charge in [-0.05, 0) is 38.3 Å². The number of para-hydroxylation sites is 1. The number of amides is 1. The van der Waals surface area contributed by atoms with Crippen molar-refractivity contribution in [2.24, 2.45) is 7.05 Å². The van der Waals surface area contributed by atoms with Crippen LogP contribution in [0.5, 0.6) is 0 Å². The van der Waals surface area contributed by atoms with Crippen molar-refractivity contribution >= 4 is 5.91 Å². The summed E-state index contributed by atoms with van der Waals surface area (Å²) in [7, 11) is 1.85. The highest BCUT2D eigenvalue weighted by Gasteiger charge is 2.31. The zero-order valence-corrected chi connectivity index (χ0v) is 15.7. The van der Waals surface area contributed by atoms with E-state index in [-0.39, 0.29) is 11.9 Å². The molecular weight excluding hydrogens is 340 g/mol. The molecule has 0 aliphatic carbocycles. The Bertz CT molecular complexity index is 929. The van der Waals surface area contributed by atoms with Crippen LogP contribution in [0, 0.1) is 6.92 Å². The van der Waals surface area contributed by atoms with Crippen molar-refractivity contribution in [3.63, 3.8) is 0 Å². The van der Waals surface area contributed by atoms with E-state index < -0.39 is 0 Å². The number of aromatic nitrogens is 5. The third-order valence-electron chi connectivity index (χ3n) is 5.24. The van der Waals surface area contributed by atoms with Crippen molar-refractivity contribution in [1.29, 1.82) is 0 Å². The number of nitrogens with zero attached hydrogens (tertiary/aromatic N) is 6. The predicted molar refractivity (Wildman–Crippen MR) is 102 cm³/mol. The minimum atomic E-state index is 0.0904. The molecule has 3 aromatic rings. The van der Waals surface area contributed by atoms with Gasteiger partial charge in [0.2, 0.25) is 0 Å².